The van der Waals surface area contributed by atoms with Gasteiger partial charge in [0, 0.05) is 13.2 Å². The minimum absolute atomic E-state index is 0.0459. The number of hydrogen-bond acceptors (Lipinski definition) is 6. The average Bonchev–Trinajstić information content (AvgIpc) is 2.37. The summed E-state index contributed by atoms with van der Waals surface area (Å²) in [5, 5.41) is 33.0. The molecule has 0 spiro atoms. The maximum atomic E-state index is 10.4. The molecule has 0 bridgehead atoms. The Morgan fingerprint density at radius 3 is 1.41 bits per heavy atom. The topological polar surface area (TPSA) is 148 Å². The van der Waals surface area contributed by atoms with E-state index in [0.29, 0.717) is 4.48 Å². The van der Waals surface area contributed by atoms with Gasteiger partial charge in [0.25, 0.3) is 0 Å². The van der Waals surface area contributed by atoms with E-state index in [0.717, 1.165) is 13.2 Å². The zero-order valence-corrected chi connectivity index (χ0v) is 15.0. The fourth-order valence-corrected chi connectivity index (χ4v) is 1.56. The predicted octanol–water partition coefficient (Wildman–Crippen LogP) is -1.44. The summed E-state index contributed by atoms with van der Waals surface area (Å²) in [7, 11) is 0.933. The zero-order chi connectivity index (χ0) is 18.4. The van der Waals surface area contributed by atoms with Crippen molar-refractivity contribution >= 4 is 7.60 Å². The maximum absolute atomic E-state index is 10.4. The van der Waals surface area contributed by atoms with Crippen LogP contribution in [0.25, 0.3) is 0 Å². The molecule has 0 amide bonds. The van der Waals surface area contributed by atoms with Crippen molar-refractivity contribution in [3.63, 3.8) is 0 Å². The summed E-state index contributed by atoms with van der Waals surface area (Å²) in [6.45, 7) is 4.98. The molecule has 0 rings (SSSR count). The van der Waals surface area contributed by atoms with Crippen molar-refractivity contribution in [1.82, 2.24) is 0 Å². The third-order valence-corrected chi connectivity index (χ3v) is 2.87. The summed E-state index contributed by atoms with van der Waals surface area (Å²) in [6, 6.07) is 0. The Labute approximate surface area is 132 Å². The second kappa shape index (κ2) is 14.5. The Hall–Kier alpha value is -0.0900. The van der Waals surface area contributed by atoms with Gasteiger partial charge in [-0.3, -0.25) is 4.57 Å². The first kappa shape index (κ1) is 26.8. The quantitative estimate of drug-likeness (QED) is 0.242. The summed E-state index contributed by atoms with van der Waals surface area (Å²) in [4.78, 5) is 17.0. The Bertz CT molecular complexity index is 273. The second-order valence-corrected chi connectivity index (χ2v) is 7.12. The number of rotatable bonds is 7. The van der Waals surface area contributed by atoms with Crippen molar-refractivity contribution in [2.24, 2.45) is 0 Å². The summed E-state index contributed by atoms with van der Waals surface area (Å²) < 4.78 is 15.6. The summed E-state index contributed by atoms with van der Waals surface area (Å²) >= 11 is 0. The van der Waals surface area contributed by atoms with Crippen LogP contribution < -0.4 is 0 Å². The lowest BCUT2D eigenvalue weighted by molar-refractivity contribution is -0.872. The van der Waals surface area contributed by atoms with Gasteiger partial charge >= 0.3 is 7.60 Å². The molecule has 0 saturated carbocycles. The molecule has 0 heterocycles. The zero-order valence-electron chi connectivity index (χ0n) is 14.1. The molecule has 10 heteroatoms. The van der Waals surface area contributed by atoms with Gasteiger partial charge in [-0.05, 0) is 13.8 Å². The highest BCUT2D eigenvalue weighted by Crippen LogP contribution is 2.39. The smallest absolute Gasteiger partial charge is 0.359 e. The molecule has 9 nitrogen and oxygen atoms in total. The van der Waals surface area contributed by atoms with Gasteiger partial charge in [0.1, 0.15) is 12.6 Å². The van der Waals surface area contributed by atoms with Gasteiger partial charge in [0.05, 0.1) is 34.4 Å². The number of quaternary nitrogens is 1. The number of nitrogens with zero attached hydrogens (tertiary/aromatic N) is 1. The van der Waals surface area contributed by atoms with Gasteiger partial charge in [-0.25, -0.2) is 0 Å². The van der Waals surface area contributed by atoms with Crippen LogP contribution in [-0.2, 0) is 9.30 Å². The van der Waals surface area contributed by atoms with E-state index >= 15 is 0 Å². The third kappa shape index (κ3) is 24.9. The molecule has 0 aromatic rings. The monoisotopic (exact) mass is 350 g/mol. The summed E-state index contributed by atoms with van der Waals surface area (Å²) in [5.41, 5.74) is 0. The molecule has 0 aliphatic heterocycles. The SMILES string of the molecule is CCOCC.C[N+](C)(C)CC(O)P(=O)(O)O.OCC(O)CO. The number of likely N-dealkylation sites (N-methyl/N-ethyl adjacent to an activating group) is 1. The normalized spacial score (nSPS) is 12.9. The van der Waals surface area contributed by atoms with Crippen LogP contribution in [0.4, 0.5) is 0 Å². The van der Waals surface area contributed by atoms with Crippen LogP contribution >= 0.6 is 7.60 Å². The lowest BCUT2D eigenvalue weighted by Gasteiger charge is -2.26. The van der Waals surface area contributed by atoms with Gasteiger partial charge in [-0.15, -0.1) is 0 Å². The summed E-state index contributed by atoms with van der Waals surface area (Å²) in [6.07, 6.45) is -0.954. The molecule has 1 atom stereocenters. The largest absolute Gasteiger partial charge is 0.394 e. The molecule has 0 aromatic carbocycles. The van der Waals surface area contributed by atoms with E-state index < -0.39 is 19.5 Å². The Kier molecular flexibility index (Phi) is 17.7. The minimum atomic E-state index is -4.31. The van der Waals surface area contributed by atoms with E-state index in [1.807, 2.05) is 13.8 Å². The van der Waals surface area contributed by atoms with Crippen molar-refractivity contribution in [3.05, 3.63) is 0 Å². The molecular weight excluding hydrogens is 317 g/mol. The molecule has 1 unspecified atom stereocenters. The van der Waals surface area contributed by atoms with E-state index in [-0.39, 0.29) is 19.8 Å². The predicted molar refractivity (Wildman–Crippen MR) is 83.3 cm³/mol. The van der Waals surface area contributed by atoms with Crippen LogP contribution in [0, 0.1) is 0 Å². The van der Waals surface area contributed by atoms with E-state index in [2.05, 4.69) is 0 Å². The van der Waals surface area contributed by atoms with Gasteiger partial charge in [-0.1, -0.05) is 0 Å². The van der Waals surface area contributed by atoms with Gasteiger partial charge in [0.2, 0.25) is 5.85 Å². The third-order valence-electron chi connectivity index (χ3n) is 1.93. The van der Waals surface area contributed by atoms with Crippen LogP contribution in [0.1, 0.15) is 13.8 Å². The minimum Gasteiger partial charge on any atom is -0.394 e. The number of hydrogen-bond donors (Lipinski definition) is 6. The van der Waals surface area contributed by atoms with Crippen LogP contribution in [0.15, 0.2) is 0 Å². The number of aliphatic hydroxyl groups excluding tert-OH is 4. The van der Waals surface area contributed by atoms with Crippen molar-refractivity contribution in [2.45, 2.75) is 25.8 Å². The Balaban J connectivity index is -0.000000277. The van der Waals surface area contributed by atoms with Crippen molar-refractivity contribution in [2.75, 3.05) is 54.1 Å². The molecule has 0 aromatic heterocycles. The highest BCUT2D eigenvalue weighted by molar-refractivity contribution is 7.52. The fourth-order valence-electron chi connectivity index (χ4n) is 0.858. The molecule has 0 fully saturated rings. The highest BCUT2D eigenvalue weighted by atomic mass is 31.2. The molecular formula is C12H33NO8P+. The lowest BCUT2D eigenvalue weighted by atomic mass is 10.4. The van der Waals surface area contributed by atoms with Crippen molar-refractivity contribution in [1.29, 1.82) is 0 Å². The van der Waals surface area contributed by atoms with Gasteiger partial charge < -0.3 is 39.4 Å². The first-order valence-corrected chi connectivity index (χ1v) is 8.55. The standard InChI is InChI=1S/C5H14NO4P.C4H10O.C3H8O3/c1-6(2,3)4-5(7)11(8,9)10;1-3-5-4-2;4-1-3(6)2-5/h5,7H,4H2,1-3H3,(H-,8,9,10);3-4H2,1-2H3;3-6H,1-2H2/p+1. The van der Waals surface area contributed by atoms with Crippen molar-refractivity contribution < 1.29 is 44.0 Å². The first-order chi connectivity index (χ1) is 9.85. The first-order valence-electron chi connectivity index (χ1n) is 6.86. The van der Waals surface area contributed by atoms with Gasteiger partial charge in [-0.2, -0.15) is 0 Å². The van der Waals surface area contributed by atoms with Crippen LogP contribution in [-0.4, -0.2) is 101 Å². The Morgan fingerprint density at radius 2 is 1.36 bits per heavy atom. The van der Waals surface area contributed by atoms with Crippen molar-refractivity contribution in [3.8, 4) is 0 Å². The van der Waals surface area contributed by atoms with E-state index in [9.17, 15) is 4.57 Å². The maximum Gasteiger partial charge on any atom is 0.359 e. The molecule has 0 radical (unpaired) electrons. The molecule has 138 valence electrons. The molecule has 6 N–H and O–H groups in total. The van der Waals surface area contributed by atoms with Gasteiger partial charge in [0.15, 0.2) is 0 Å². The van der Waals surface area contributed by atoms with E-state index in [1.54, 1.807) is 21.1 Å². The van der Waals surface area contributed by atoms with E-state index in [4.69, 9.17) is 34.9 Å². The number of aliphatic hydroxyl groups is 4. The molecule has 0 saturated heterocycles. The van der Waals surface area contributed by atoms with E-state index in [1.165, 1.54) is 0 Å². The Morgan fingerprint density at radius 1 is 1.00 bits per heavy atom. The van der Waals surface area contributed by atoms with Crippen LogP contribution in [0.5, 0.6) is 0 Å². The van der Waals surface area contributed by atoms with Crippen LogP contribution in [0.2, 0.25) is 0 Å². The number of ether oxygens (including phenoxy) is 1. The molecule has 0 aliphatic rings. The molecule has 22 heavy (non-hydrogen) atoms. The summed E-state index contributed by atoms with van der Waals surface area (Å²) in [5.74, 6) is -1.55. The second-order valence-electron chi connectivity index (χ2n) is 5.34. The van der Waals surface area contributed by atoms with Crippen LogP contribution in [0.3, 0.4) is 0 Å². The average molecular weight is 350 g/mol. The fraction of sp³-hybridized carbons (Fsp3) is 1.00. The molecule has 0 aliphatic carbocycles. The lowest BCUT2D eigenvalue weighted by Crippen LogP contribution is -2.41. The highest BCUT2D eigenvalue weighted by Gasteiger charge is 2.31.